The first-order valence-corrected chi connectivity index (χ1v) is 9.01. The first kappa shape index (κ1) is 19.1. The highest BCUT2D eigenvalue weighted by atomic mass is 16.1. The smallest absolute Gasteiger partial charge is 0.266 e. The van der Waals surface area contributed by atoms with E-state index in [2.05, 4.69) is 10.3 Å². The normalized spacial score (nSPS) is 11.2. The number of pyridine rings is 1. The van der Waals surface area contributed by atoms with Gasteiger partial charge in [-0.2, -0.15) is 5.26 Å². The molecule has 5 nitrogen and oxygen atoms in total. The Labute approximate surface area is 165 Å². The van der Waals surface area contributed by atoms with Crippen LogP contribution in [0.5, 0.6) is 0 Å². The quantitative estimate of drug-likeness (QED) is 0.537. The second kappa shape index (κ2) is 7.93. The Morgan fingerprint density at radius 2 is 1.93 bits per heavy atom. The molecule has 1 aromatic carbocycles. The van der Waals surface area contributed by atoms with Crippen LogP contribution in [0, 0.1) is 39.0 Å². The highest BCUT2D eigenvalue weighted by molar-refractivity contribution is 6.10. The number of aromatic nitrogens is 2. The number of hydrogen-bond acceptors (Lipinski definition) is 3. The summed E-state index contributed by atoms with van der Waals surface area (Å²) in [6.07, 6.45) is 3.36. The average molecular weight is 370 g/mol. The van der Waals surface area contributed by atoms with Crippen molar-refractivity contribution in [3.63, 3.8) is 0 Å². The van der Waals surface area contributed by atoms with Gasteiger partial charge in [0.25, 0.3) is 5.91 Å². The molecule has 140 valence electrons. The van der Waals surface area contributed by atoms with E-state index in [-0.39, 0.29) is 5.57 Å². The largest absolute Gasteiger partial charge is 0.321 e. The summed E-state index contributed by atoms with van der Waals surface area (Å²) in [5, 5.41) is 12.4. The van der Waals surface area contributed by atoms with Crippen molar-refractivity contribution in [1.29, 1.82) is 5.26 Å². The van der Waals surface area contributed by atoms with Crippen LogP contribution in [0.1, 0.15) is 28.1 Å². The van der Waals surface area contributed by atoms with Gasteiger partial charge in [0.05, 0.1) is 0 Å². The molecular formula is C23H22N4O. The summed E-state index contributed by atoms with van der Waals surface area (Å²) in [6, 6.07) is 15.5. The van der Waals surface area contributed by atoms with E-state index in [0.29, 0.717) is 5.69 Å². The molecule has 0 saturated heterocycles. The Hall–Kier alpha value is -3.65. The summed E-state index contributed by atoms with van der Waals surface area (Å²) < 4.78 is 2.00. The summed E-state index contributed by atoms with van der Waals surface area (Å²) in [7, 11) is 0. The Balaban J connectivity index is 1.93. The standard InChI is InChI=1S/C23H22N4O/c1-15-8-9-21(16(2)11-15)26-23(28)20(14-24)13-19-12-17(3)27(18(19)4)22-7-5-6-10-25-22/h5-13H,1-4H3,(H,26,28)/b20-13-. The van der Waals surface area contributed by atoms with Crippen LogP contribution >= 0.6 is 0 Å². The van der Waals surface area contributed by atoms with E-state index in [0.717, 1.165) is 33.9 Å². The predicted octanol–water partition coefficient (Wildman–Crippen LogP) is 4.65. The van der Waals surface area contributed by atoms with E-state index >= 15 is 0 Å². The molecule has 0 aliphatic carbocycles. The van der Waals surface area contributed by atoms with Crippen molar-refractivity contribution < 1.29 is 4.79 Å². The van der Waals surface area contributed by atoms with Crippen molar-refractivity contribution in [2.45, 2.75) is 27.7 Å². The molecule has 2 heterocycles. The summed E-state index contributed by atoms with van der Waals surface area (Å²) in [5.74, 6) is 0.382. The Morgan fingerprint density at radius 3 is 2.57 bits per heavy atom. The maximum absolute atomic E-state index is 12.6. The lowest BCUT2D eigenvalue weighted by Gasteiger charge is -2.09. The number of aryl methyl sites for hydroxylation is 3. The number of anilines is 1. The lowest BCUT2D eigenvalue weighted by atomic mass is 10.1. The minimum Gasteiger partial charge on any atom is -0.321 e. The molecule has 3 aromatic rings. The molecule has 0 unspecified atom stereocenters. The van der Waals surface area contributed by atoms with Gasteiger partial charge in [-0.25, -0.2) is 4.98 Å². The molecule has 0 radical (unpaired) electrons. The number of nitrogens with one attached hydrogen (secondary N) is 1. The highest BCUT2D eigenvalue weighted by Gasteiger charge is 2.15. The number of carbonyl (C=O) groups excluding carboxylic acids is 1. The van der Waals surface area contributed by atoms with Crippen molar-refractivity contribution >= 4 is 17.7 Å². The maximum atomic E-state index is 12.6. The molecule has 0 fully saturated rings. The molecule has 28 heavy (non-hydrogen) atoms. The minimum atomic E-state index is -0.419. The Bertz CT molecular complexity index is 1100. The molecule has 0 saturated carbocycles. The zero-order valence-corrected chi connectivity index (χ0v) is 16.4. The molecule has 0 aliphatic heterocycles. The first-order chi connectivity index (χ1) is 13.4. The number of benzene rings is 1. The first-order valence-electron chi connectivity index (χ1n) is 9.01. The van der Waals surface area contributed by atoms with Gasteiger partial charge in [0.1, 0.15) is 17.5 Å². The molecule has 0 atom stereocenters. The Morgan fingerprint density at radius 1 is 1.14 bits per heavy atom. The fourth-order valence-electron chi connectivity index (χ4n) is 3.22. The molecule has 0 spiro atoms. The van der Waals surface area contributed by atoms with Crippen LogP contribution in [0.25, 0.3) is 11.9 Å². The van der Waals surface area contributed by atoms with Gasteiger partial charge in [0.15, 0.2) is 0 Å². The fourth-order valence-corrected chi connectivity index (χ4v) is 3.22. The van der Waals surface area contributed by atoms with Crippen LogP contribution < -0.4 is 5.32 Å². The van der Waals surface area contributed by atoms with Gasteiger partial charge in [-0.3, -0.25) is 4.79 Å². The third kappa shape index (κ3) is 3.86. The number of rotatable bonds is 4. The SMILES string of the molecule is Cc1ccc(NC(=O)/C(C#N)=C\c2cc(C)n(-c3ccccn3)c2C)c(C)c1. The summed E-state index contributed by atoms with van der Waals surface area (Å²) >= 11 is 0. The van der Waals surface area contributed by atoms with Gasteiger partial charge >= 0.3 is 0 Å². The average Bonchev–Trinajstić information content (AvgIpc) is 2.95. The van der Waals surface area contributed by atoms with Crippen molar-refractivity contribution in [3.05, 3.63) is 82.3 Å². The third-order valence-corrected chi connectivity index (χ3v) is 4.64. The molecule has 1 N–H and O–H groups in total. The van der Waals surface area contributed by atoms with Crippen LogP contribution in [0.3, 0.4) is 0 Å². The number of hydrogen-bond donors (Lipinski definition) is 1. The van der Waals surface area contributed by atoms with E-state index in [9.17, 15) is 10.1 Å². The zero-order chi connectivity index (χ0) is 20.3. The summed E-state index contributed by atoms with van der Waals surface area (Å²) in [4.78, 5) is 17.0. The van der Waals surface area contributed by atoms with Crippen molar-refractivity contribution in [2.75, 3.05) is 5.32 Å². The molecule has 5 heteroatoms. The van der Waals surface area contributed by atoms with Crippen molar-refractivity contribution in [3.8, 4) is 11.9 Å². The maximum Gasteiger partial charge on any atom is 0.266 e. The summed E-state index contributed by atoms with van der Waals surface area (Å²) in [6.45, 7) is 7.85. The summed E-state index contributed by atoms with van der Waals surface area (Å²) in [5.41, 5.74) is 5.55. The van der Waals surface area contributed by atoms with Gasteiger partial charge in [-0.05, 0) is 69.2 Å². The number of nitrogens with zero attached hydrogens (tertiary/aromatic N) is 3. The Kier molecular flexibility index (Phi) is 5.42. The topological polar surface area (TPSA) is 70.7 Å². The van der Waals surface area contributed by atoms with Crippen molar-refractivity contribution in [2.24, 2.45) is 0 Å². The lowest BCUT2D eigenvalue weighted by Crippen LogP contribution is -2.14. The van der Waals surface area contributed by atoms with E-state index < -0.39 is 5.91 Å². The molecule has 2 aromatic heterocycles. The van der Waals surface area contributed by atoms with Crippen LogP contribution in [0.4, 0.5) is 5.69 Å². The van der Waals surface area contributed by atoms with Crippen LogP contribution in [0.2, 0.25) is 0 Å². The second-order valence-electron chi connectivity index (χ2n) is 6.79. The number of nitriles is 1. The van der Waals surface area contributed by atoms with Gasteiger partial charge in [-0.15, -0.1) is 0 Å². The monoisotopic (exact) mass is 370 g/mol. The number of carbonyl (C=O) groups is 1. The van der Waals surface area contributed by atoms with Gasteiger partial charge in [-0.1, -0.05) is 23.8 Å². The zero-order valence-electron chi connectivity index (χ0n) is 16.4. The van der Waals surface area contributed by atoms with E-state index in [1.165, 1.54) is 0 Å². The molecular weight excluding hydrogens is 348 g/mol. The molecule has 0 aliphatic rings. The highest BCUT2D eigenvalue weighted by Crippen LogP contribution is 2.22. The van der Waals surface area contributed by atoms with Crippen LogP contribution in [-0.2, 0) is 4.79 Å². The van der Waals surface area contributed by atoms with E-state index in [1.807, 2.05) is 80.8 Å². The van der Waals surface area contributed by atoms with Crippen LogP contribution in [0.15, 0.2) is 54.2 Å². The van der Waals surface area contributed by atoms with E-state index in [4.69, 9.17) is 0 Å². The molecule has 1 amide bonds. The fraction of sp³-hybridized carbons (Fsp3) is 0.174. The second-order valence-corrected chi connectivity index (χ2v) is 6.79. The van der Waals surface area contributed by atoms with Gasteiger partial charge < -0.3 is 9.88 Å². The van der Waals surface area contributed by atoms with Crippen molar-refractivity contribution in [1.82, 2.24) is 9.55 Å². The van der Waals surface area contributed by atoms with E-state index in [1.54, 1.807) is 12.3 Å². The lowest BCUT2D eigenvalue weighted by molar-refractivity contribution is -0.112. The van der Waals surface area contributed by atoms with Gasteiger partial charge in [0, 0.05) is 23.3 Å². The van der Waals surface area contributed by atoms with Crippen LogP contribution in [-0.4, -0.2) is 15.5 Å². The third-order valence-electron chi connectivity index (χ3n) is 4.64. The minimum absolute atomic E-state index is 0.0567. The predicted molar refractivity (Wildman–Crippen MR) is 111 cm³/mol. The molecule has 0 bridgehead atoms. The molecule has 3 rings (SSSR count). The number of amides is 1. The van der Waals surface area contributed by atoms with Gasteiger partial charge in [0.2, 0.25) is 0 Å².